The van der Waals surface area contributed by atoms with Gasteiger partial charge in [0.1, 0.15) is 17.6 Å². The molecule has 8 nitrogen and oxygen atoms in total. The summed E-state index contributed by atoms with van der Waals surface area (Å²) in [6.45, 7) is 0.0539. The van der Waals surface area contributed by atoms with Crippen LogP contribution in [0.5, 0.6) is 5.88 Å². The highest BCUT2D eigenvalue weighted by Crippen LogP contribution is 2.30. The molecule has 1 fully saturated rings. The summed E-state index contributed by atoms with van der Waals surface area (Å²) in [5.41, 5.74) is 0.169. The lowest BCUT2D eigenvalue weighted by Crippen LogP contribution is -2.45. The molecule has 196 valence electrons. The van der Waals surface area contributed by atoms with Crippen molar-refractivity contribution in [3.05, 3.63) is 71.9 Å². The number of nitrogens with one attached hydrogen (secondary N) is 1. The number of sulfonamides is 1. The zero-order chi connectivity index (χ0) is 26.8. The van der Waals surface area contributed by atoms with Gasteiger partial charge in [0.2, 0.25) is 21.8 Å². The fourth-order valence-electron chi connectivity index (χ4n) is 3.98. The first kappa shape index (κ1) is 26.5. The van der Waals surface area contributed by atoms with Crippen molar-refractivity contribution in [3.63, 3.8) is 0 Å². The van der Waals surface area contributed by atoms with Gasteiger partial charge >= 0.3 is 6.18 Å². The number of amides is 1. The van der Waals surface area contributed by atoms with Gasteiger partial charge in [0.25, 0.3) is 0 Å². The molecule has 3 aromatic rings. The molecule has 1 aromatic carbocycles. The Kier molecular flexibility index (Phi) is 7.46. The minimum absolute atomic E-state index is 0.0853. The van der Waals surface area contributed by atoms with E-state index >= 15 is 0 Å². The van der Waals surface area contributed by atoms with Gasteiger partial charge in [-0.25, -0.2) is 17.8 Å². The molecule has 0 aliphatic carbocycles. The van der Waals surface area contributed by atoms with Gasteiger partial charge in [-0.2, -0.15) is 17.5 Å². The van der Waals surface area contributed by atoms with Crippen molar-refractivity contribution in [2.24, 2.45) is 0 Å². The zero-order valence-electron chi connectivity index (χ0n) is 19.5. The predicted molar refractivity (Wildman–Crippen MR) is 124 cm³/mol. The highest BCUT2D eigenvalue weighted by Gasteiger charge is 2.39. The number of methoxy groups -OCH3 is 1. The molecule has 3 heterocycles. The van der Waals surface area contributed by atoms with Crippen LogP contribution in [0.1, 0.15) is 24.2 Å². The second-order valence-corrected chi connectivity index (χ2v) is 10.2. The van der Waals surface area contributed by atoms with Gasteiger partial charge in [-0.1, -0.05) is 6.07 Å². The molecule has 1 atom stereocenters. The summed E-state index contributed by atoms with van der Waals surface area (Å²) in [6.07, 6.45) is -2.71. The van der Waals surface area contributed by atoms with Crippen molar-refractivity contribution in [2.75, 3.05) is 13.7 Å². The summed E-state index contributed by atoms with van der Waals surface area (Å²) in [5, 5.41) is 2.68. The molecule has 1 amide bonds. The van der Waals surface area contributed by atoms with Gasteiger partial charge < -0.3 is 10.1 Å². The highest BCUT2D eigenvalue weighted by molar-refractivity contribution is 7.89. The number of rotatable bonds is 7. The molecule has 0 saturated carbocycles. The normalized spacial score (nSPS) is 16.5. The Hall–Kier alpha value is -3.58. The lowest BCUT2D eigenvalue weighted by Gasteiger charge is -2.23. The van der Waals surface area contributed by atoms with Crippen LogP contribution in [-0.2, 0) is 27.5 Å². The van der Waals surface area contributed by atoms with E-state index in [0.29, 0.717) is 29.7 Å². The Labute approximate surface area is 210 Å². The van der Waals surface area contributed by atoms with Crippen LogP contribution in [-0.4, -0.2) is 48.3 Å². The van der Waals surface area contributed by atoms with Crippen molar-refractivity contribution < 1.29 is 35.5 Å². The first-order chi connectivity index (χ1) is 17.5. The quantitative estimate of drug-likeness (QED) is 0.460. The molecule has 1 aliphatic heterocycles. The van der Waals surface area contributed by atoms with Crippen LogP contribution >= 0.6 is 0 Å². The van der Waals surface area contributed by atoms with E-state index in [1.807, 2.05) is 0 Å². The summed E-state index contributed by atoms with van der Waals surface area (Å²) < 4.78 is 84.1. The number of halogens is 4. The van der Waals surface area contributed by atoms with Crippen LogP contribution in [0.4, 0.5) is 17.6 Å². The standard InChI is InChI=1S/C24H22F4N4O4S/c1-36-22-12-16(15-4-9-21(29-13-15)24(26,27)28)11-18(31-22)14-30-23(33)20-3-2-10-32(20)37(34,35)19-7-5-17(25)6-8-19/h4-9,11-13,20H,2-3,10,14H2,1H3,(H,30,33). The summed E-state index contributed by atoms with van der Waals surface area (Å²) in [7, 11) is -2.65. The molecule has 13 heteroatoms. The van der Waals surface area contributed by atoms with Crippen LogP contribution in [0.25, 0.3) is 11.1 Å². The summed E-state index contributed by atoms with van der Waals surface area (Å²) in [6, 6.07) is 8.62. The Bertz CT molecular complexity index is 1380. The number of alkyl halides is 3. The fraction of sp³-hybridized carbons (Fsp3) is 0.292. The number of benzene rings is 1. The maximum Gasteiger partial charge on any atom is 0.433 e. The summed E-state index contributed by atoms with van der Waals surface area (Å²) >= 11 is 0. The second kappa shape index (κ2) is 10.4. The number of hydrogen-bond acceptors (Lipinski definition) is 6. The molecule has 1 aliphatic rings. The van der Waals surface area contributed by atoms with Crippen LogP contribution in [0.3, 0.4) is 0 Å². The van der Waals surface area contributed by atoms with Gasteiger partial charge in [0, 0.05) is 24.4 Å². The van der Waals surface area contributed by atoms with Crippen molar-refractivity contribution in [1.29, 1.82) is 0 Å². The summed E-state index contributed by atoms with van der Waals surface area (Å²) in [4.78, 5) is 20.5. The highest BCUT2D eigenvalue weighted by atomic mass is 32.2. The van der Waals surface area contributed by atoms with E-state index in [-0.39, 0.29) is 23.9 Å². The molecule has 2 aromatic heterocycles. The SMILES string of the molecule is COc1cc(-c2ccc(C(F)(F)F)nc2)cc(CNC(=O)C2CCCN2S(=O)(=O)c2ccc(F)cc2)n1. The number of pyridine rings is 2. The van der Waals surface area contributed by atoms with Crippen LogP contribution in [0.2, 0.25) is 0 Å². The van der Waals surface area contributed by atoms with Crippen LogP contribution < -0.4 is 10.1 Å². The molecule has 0 radical (unpaired) electrons. The Morgan fingerprint density at radius 2 is 1.86 bits per heavy atom. The van der Waals surface area contributed by atoms with Gasteiger partial charge in [0.15, 0.2) is 0 Å². The van der Waals surface area contributed by atoms with Crippen molar-refractivity contribution in [1.82, 2.24) is 19.6 Å². The lowest BCUT2D eigenvalue weighted by atomic mass is 10.1. The number of carbonyl (C=O) groups is 1. The molecular formula is C24H22F4N4O4S. The average Bonchev–Trinajstić information content (AvgIpc) is 3.38. The topological polar surface area (TPSA) is 101 Å². The Morgan fingerprint density at radius 1 is 1.14 bits per heavy atom. The molecule has 1 unspecified atom stereocenters. The van der Waals surface area contributed by atoms with Gasteiger partial charge in [-0.05, 0) is 54.8 Å². The number of hydrogen-bond donors (Lipinski definition) is 1. The molecule has 0 spiro atoms. The lowest BCUT2D eigenvalue weighted by molar-refractivity contribution is -0.141. The number of ether oxygens (including phenoxy) is 1. The molecule has 37 heavy (non-hydrogen) atoms. The van der Waals surface area contributed by atoms with Crippen molar-refractivity contribution in [3.8, 4) is 17.0 Å². The Morgan fingerprint density at radius 3 is 2.49 bits per heavy atom. The van der Waals surface area contributed by atoms with E-state index in [2.05, 4.69) is 15.3 Å². The number of aromatic nitrogens is 2. The fourth-order valence-corrected chi connectivity index (χ4v) is 5.64. The maximum absolute atomic E-state index is 13.2. The zero-order valence-corrected chi connectivity index (χ0v) is 20.3. The molecule has 1 N–H and O–H groups in total. The van der Waals surface area contributed by atoms with E-state index in [0.717, 1.165) is 40.8 Å². The van der Waals surface area contributed by atoms with Crippen LogP contribution in [0, 0.1) is 5.82 Å². The van der Waals surface area contributed by atoms with Crippen molar-refractivity contribution >= 4 is 15.9 Å². The third kappa shape index (κ3) is 5.88. The average molecular weight is 539 g/mol. The van der Waals surface area contributed by atoms with Gasteiger partial charge in [-0.3, -0.25) is 9.78 Å². The van der Waals surface area contributed by atoms with Gasteiger partial charge in [0.05, 0.1) is 24.2 Å². The van der Waals surface area contributed by atoms with Crippen molar-refractivity contribution in [2.45, 2.75) is 36.5 Å². The molecular weight excluding hydrogens is 516 g/mol. The summed E-state index contributed by atoms with van der Waals surface area (Å²) in [5.74, 6) is -0.944. The third-order valence-corrected chi connectivity index (χ3v) is 7.74. The van der Waals surface area contributed by atoms with E-state index in [1.165, 1.54) is 19.2 Å². The predicted octanol–water partition coefficient (Wildman–Crippen LogP) is 3.78. The monoisotopic (exact) mass is 538 g/mol. The van der Waals surface area contributed by atoms with Gasteiger partial charge in [-0.15, -0.1) is 0 Å². The molecule has 4 rings (SSSR count). The minimum Gasteiger partial charge on any atom is -0.481 e. The maximum atomic E-state index is 13.2. The first-order valence-corrected chi connectivity index (χ1v) is 12.6. The number of carbonyl (C=O) groups excluding carboxylic acids is 1. The molecule has 1 saturated heterocycles. The first-order valence-electron chi connectivity index (χ1n) is 11.1. The van der Waals surface area contributed by atoms with E-state index in [9.17, 15) is 30.8 Å². The molecule has 0 bridgehead atoms. The Balaban J connectivity index is 1.50. The largest absolute Gasteiger partial charge is 0.481 e. The minimum atomic E-state index is -4.57. The van der Waals surface area contributed by atoms with E-state index < -0.39 is 39.7 Å². The third-order valence-electron chi connectivity index (χ3n) is 5.82. The van der Waals surface area contributed by atoms with Crippen LogP contribution in [0.15, 0.2) is 59.6 Å². The van der Waals surface area contributed by atoms with E-state index in [1.54, 1.807) is 6.07 Å². The smallest absolute Gasteiger partial charge is 0.433 e. The number of nitrogens with zero attached hydrogens (tertiary/aromatic N) is 3. The van der Waals surface area contributed by atoms with E-state index in [4.69, 9.17) is 4.74 Å². The second-order valence-electron chi connectivity index (χ2n) is 8.26.